The van der Waals surface area contributed by atoms with Gasteiger partial charge in [0.2, 0.25) is 0 Å². The molecule has 0 aliphatic carbocycles. The second-order valence-electron chi connectivity index (χ2n) is 5.86. The van der Waals surface area contributed by atoms with Crippen LogP contribution in [0, 0.1) is 0 Å². The van der Waals surface area contributed by atoms with Gasteiger partial charge in [0, 0.05) is 32.6 Å². The molecular formula is C21H15BrO4. The average Bonchev–Trinajstić information content (AvgIpc) is 2.65. The summed E-state index contributed by atoms with van der Waals surface area (Å²) < 4.78 is 0.831. The van der Waals surface area contributed by atoms with E-state index in [4.69, 9.17) is 0 Å². The van der Waals surface area contributed by atoms with E-state index in [2.05, 4.69) is 15.9 Å². The number of phenols is 2. The van der Waals surface area contributed by atoms with Crippen molar-refractivity contribution in [2.45, 2.75) is 5.92 Å². The van der Waals surface area contributed by atoms with Crippen LogP contribution < -0.4 is 0 Å². The zero-order valence-corrected chi connectivity index (χ0v) is 15.2. The standard InChI is InChI=1S/C21H15BrO4/c22-16-3-1-2-15(10-16)21(17-8-13(11-23)4-6-19(17)25)18-9-14(12-24)5-7-20(18)26/h1-12,21,25-26H. The first-order valence-electron chi connectivity index (χ1n) is 7.85. The summed E-state index contributed by atoms with van der Waals surface area (Å²) in [5, 5.41) is 20.9. The van der Waals surface area contributed by atoms with Crippen LogP contribution in [0.3, 0.4) is 0 Å². The number of aromatic hydroxyl groups is 2. The van der Waals surface area contributed by atoms with Crippen molar-refractivity contribution in [1.82, 2.24) is 0 Å². The second-order valence-corrected chi connectivity index (χ2v) is 6.78. The lowest BCUT2D eigenvalue weighted by atomic mass is 9.83. The van der Waals surface area contributed by atoms with Crippen molar-refractivity contribution >= 4 is 28.5 Å². The summed E-state index contributed by atoms with van der Waals surface area (Å²) in [5.41, 5.74) is 2.53. The number of hydrogen-bond acceptors (Lipinski definition) is 4. The Bertz CT molecular complexity index is 924. The van der Waals surface area contributed by atoms with Crippen LogP contribution in [-0.2, 0) is 0 Å². The van der Waals surface area contributed by atoms with Crippen molar-refractivity contribution in [3.63, 3.8) is 0 Å². The number of rotatable bonds is 5. The molecule has 0 aromatic heterocycles. The number of carbonyl (C=O) groups excluding carboxylic acids is 2. The van der Waals surface area contributed by atoms with Crippen LogP contribution in [0.15, 0.2) is 65.1 Å². The van der Waals surface area contributed by atoms with Crippen LogP contribution in [0.25, 0.3) is 0 Å². The third kappa shape index (κ3) is 3.53. The van der Waals surface area contributed by atoms with E-state index >= 15 is 0 Å². The molecule has 0 unspecified atom stereocenters. The van der Waals surface area contributed by atoms with Crippen molar-refractivity contribution in [2.75, 3.05) is 0 Å². The summed E-state index contributed by atoms with van der Waals surface area (Å²) in [7, 11) is 0. The Morgan fingerprint density at radius 3 is 1.77 bits per heavy atom. The molecule has 130 valence electrons. The van der Waals surface area contributed by atoms with Gasteiger partial charge in [-0.25, -0.2) is 0 Å². The molecule has 0 bridgehead atoms. The molecule has 0 amide bonds. The van der Waals surface area contributed by atoms with Gasteiger partial charge < -0.3 is 10.2 Å². The van der Waals surface area contributed by atoms with Crippen LogP contribution in [0.5, 0.6) is 11.5 Å². The molecule has 3 rings (SSSR count). The van der Waals surface area contributed by atoms with Gasteiger partial charge in [-0.3, -0.25) is 9.59 Å². The molecule has 0 saturated carbocycles. The van der Waals surface area contributed by atoms with E-state index in [-0.39, 0.29) is 11.5 Å². The van der Waals surface area contributed by atoms with E-state index < -0.39 is 5.92 Å². The molecule has 2 N–H and O–H groups in total. The van der Waals surface area contributed by atoms with E-state index in [0.29, 0.717) is 34.8 Å². The summed E-state index contributed by atoms with van der Waals surface area (Å²) in [4.78, 5) is 22.4. The van der Waals surface area contributed by atoms with Crippen molar-refractivity contribution in [3.8, 4) is 11.5 Å². The highest BCUT2D eigenvalue weighted by atomic mass is 79.9. The third-order valence-corrected chi connectivity index (χ3v) is 4.67. The van der Waals surface area contributed by atoms with Gasteiger partial charge in [-0.15, -0.1) is 0 Å². The molecule has 3 aromatic carbocycles. The Morgan fingerprint density at radius 2 is 1.31 bits per heavy atom. The zero-order chi connectivity index (χ0) is 18.7. The first kappa shape index (κ1) is 17.9. The maximum Gasteiger partial charge on any atom is 0.150 e. The molecule has 0 fully saturated rings. The van der Waals surface area contributed by atoms with Gasteiger partial charge in [0.1, 0.15) is 24.1 Å². The van der Waals surface area contributed by atoms with Gasteiger partial charge in [-0.05, 0) is 54.1 Å². The van der Waals surface area contributed by atoms with Crippen molar-refractivity contribution in [1.29, 1.82) is 0 Å². The Morgan fingerprint density at radius 1 is 0.769 bits per heavy atom. The van der Waals surface area contributed by atoms with E-state index in [0.717, 1.165) is 10.0 Å². The number of aldehydes is 2. The normalized spacial score (nSPS) is 10.7. The SMILES string of the molecule is O=Cc1ccc(O)c(C(c2cccc(Br)c2)c2cc(C=O)ccc2O)c1. The molecule has 26 heavy (non-hydrogen) atoms. The Balaban J connectivity index is 2.31. The lowest BCUT2D eigenvalue weighted by Crippen LogP contribution is -2.06. The van der Waals surface area contributed by atoms with Gasteiger partial charge in [0.15, 0.2) is 0 Å². The lowest BCUT2D eigenvalue weighted by molar-refractivity contribution is 0.111. The molecule has 0 atom stereocenters. The minimum absolute atomic E-state index is 0.00326. The summed E-state index contributed by atoms with van der Waals surface area (Å²) >= 11 is 3.43. The number of phenolic OH excluding ortho intramolecular Hbond substituents is 2. The maximum atomic E-state index is 11.2. The molecule has 5 heteroatoms. The zero-order valence-electron chi connectivity index (χ0n) is 13.6. The molecule has 0 aliphatic heterocycles. The summed E-state index contributed by atoms with van der Waals surface area (Å²) in [6.07, 6.45) is 1.39. The molecule has 0 spiro atoms. The summed E-state index contributed by atoms with van der Waals surface area (Å²) in [6.45, 7) is 0. The fourth-order valence-corrected chi connectivity index (χ4v) is 3.38. The minimum Gasteiger partial charge on any atom is -0.508 e. The maximum absolute atomic E-state index is 11.2. The highest BCUT2D eigenvalue weighted by molar-refractivity contribution is 9.10. The Labute approximate surface area is 158 Å². The highest BCUT2D eigenvalue weighted by Crippen LogP contribution is 2.41. The highest BCUT2D eigenvalue weighted by Gasteiger charge is 2.24. The smallest absolute Gasteiger partial charge is 0.150 e. The topological polar surface area (TPSA) is 74.6 Å². The van der Waals surface area contributed by atoms with Gasteiger partial charge in [-0.1, -0.05) is 28.1 Å². The van der Waals surface area contributed by atoms with Crippen LogP contribution in [0.1, 0.15) is 43.3 Å². The predicted octanol–water partition coefficient (Wildman–Crippen LogP) is 4.67. The first-order chi connectivity index (χ1) is 12.5. The molecular weight excluding hydrogens is 396 g/mol. The van der Waals surface area contributed by atoms with E-state index in [1.807, 2.05) is 24.3 Å². The molecule has 0 saturated heterocycles. The molecule has 0 radical (unpaired) electrons. The van der Waals surface area contributed by atoms with E-state index in [9.17, 15) is 19.8 Å². The molecule has 3 aromatic rings. The number of hydrogen-bond donors (Lipinski definition) is 2. The van der Waals surface area contributed by atoms with Gasteiger partial charge in [-0.2, -0.15) is 0 Å². The number of benzene rings is 3. The van der Waals surface area contributed by atoms with Gasteiger partial charge in [0.05, 0.1) is 0 Å². The fraction of sp³-hybridized carbons (Fsp3) is 0.0476. The molecule has 4 nitrogen and oxygen atoms in total. The molecule has 0 heterocycles. The van der Waals surface area contributed by atoms with Crippen LogP contribution in [0.2, 0.25) is 0 Å². The van der Waals surface area contributed by atoms with Crippen molar-refractivity contribution in [2.24, 2.45) is 0 Å². The summed E-state index contributed by atoms with van der Waals surface area (Å²) in [6, 6.07) is 16.5. The third-order valence-electron chi connectivity index (χ3n) is 4.18. The van der Waals surface area contributed by atoms with E-state index in [1.54, 1.807) is 12.1 Å². The summed E-state index contributed by atoms with van der Waals surface area (Å²) in [5.74, 6) is -0.569. The van der Waals surface area contributed by atoms with E-state index in [1.165, 1.54) is 24.3 Å². The fourth-order valence-electron chi connectivity index (χ4n) is 2.97. The number of halogens is 1. The number of carbonyl (C=O) groups is 2. The average molecular weight is 411 g/mol. The molecule has 0 aliphatic rings. The van der Waals surface area contributed by atoms with Crippen molar-refractivity contribution in [3.05, 3.63) is 93.0 Å². The Kier molecular flexibility index (Phi) is 5.19. The van der Waals surface area contributed by atoms with Crippen LogP contribution >= 0.6 is 15.9 Å². The second kappa shape index (κ2) is 7.54. The lowest BCUT2D eigenvalue weighted by Gasteiger charge is -2.22. The predicted molar refractivity (Wildman–Crippen MR) is 102 cm³/mol. The Hall–Kier alpha value is -2.92. The quantitative estimate of drug-likeness (QED) is 0.473. The largest absolute Gasteiger partial charge is 0.508 e. The van der Waals surface area contributed by atoms with Crippen LogP contribution in [0.4, 0.5) is 0 Å². The van der Waals surface area contributed by atoms with Gasteiger partial charge in [0.25, 0.3) is 0 Å². The van der Waals surface area contributed by atoms with Crippen LogP contribution in [-0.4, -0.2) is 22.8 Å². The monoisotopic (exact) mass is 410 g/mol. The first-order valence-corrected chi connectivity index (χ1v) is 8.64. The van der Waals surface area contributed by atoms with Gasteiger partial charge >= 0.3 is 0 Å². The van der Waals surface area contributed by atoms with Crippen molar-refractivity contribution < 1.29 is 19.8 Å². The minimum atomic E-state index is -0.563.